The summed E-state index contributed by atoms with van der Waals surface area (Å²) in [6.45, 7) is 4.84. The highest BCUT2D eigenvalue weighted by Gasteiger charge is 2.39. The number of piperidine rings is 3. The predicted octanol–water partition coefficient (Wildman–Crippen LogP) is 4.25. The molecule has 2 atom stereocenters. The van der Waals surface area contributed by atoms with Crippen LogP contribution in [-0.4, -0.2) is 40.3 Å². The largest absolute Gasteiger partial charge is 0.364 e. The lowest BCUT2D eigenvalue weighted by molar-refractivity contribution is 0.0457. The van der Waals surface area contributed by atoms with Crippen LogP contribution in [0.25, 0.3) is 20.7 Å². The summed E-state index contributed by atoms with van der Waals surface area (Å²) in [5.41, 5.74) is 0.953. The van der Waals surface area contributed by atoms with E-state index in [1.165, 1.54) is 40.9 Å². The Morgan fingerprint density at radius 3 is 2.64 bits per heavy atom. The molecule has 3 aliphatic heterocycles. The Morgan fingerprint density at radius 1 is 1.08 bits per heavy atom. The van der Waals surface area contributed by atoms with Crippen LogP contribution in [0.2, 0.25) is 0 Å². The van der Waals surface area contributed by atoms with Crippen molar-refractivity contribution < 1.29 is 0 Å². The van der Waals surface area contributed by atoms with Gasteiger partial charge in [-0.3, -0.25) is 4.90 Å². The van der Waals surface area contributed by atoms with E-state index in [2.05, 4.69) is 69.8 Å². The van der Waals surface area contributed by atoms with Gasteiger partial charge < -0.3 is 5.32 Å². The van der Waals surface area contributed by atoms with Gasteiger partial charge in [-0.1, -0.05) is 18.2 Å². The molecule has 4 nitrogen and oxygen atoms in total. The zero-order valence-corrected chi connectivity index (χ0v) is 15.2. The quantitative estimate of drug-likeness (QED) is 0.766. The molecule has 5 heterocycles. The van der Waals surface area contributed by atoms with Crippen molar-refractivity contribution in [2.24, 2.45) is 5.92 Å². The Hall–Kier alpha value is -1.98. The Kier molecular flexibility index (Phi) is 3.71. The maximum atomic E-state index is 4.48. The van der Waals surface area contributed by atoms with E-state index in [1.807, 2.05) is 0 Å². The number of nitrogens with one attached hydrogen (secondary N) is 1. The van der Waals surface area contributed by atoms with Crippen LogP contribution in [0.15, 0.2) is 42.5 Å². The molecule has 3 aliphatic rings. The number of rotatable bonds is 3. The average molecular weight is 350 g/mol. The normalized spacial score (nSPS) is 28.4. The van der Waals surface area contributed by atoms with E-state index in [0.717, 1.165) is 17.4 Å². The van der Waals surface area contributed by atoms with Crippen molar-refractivity contribution in [1.29, 1.82) is 0 Å². The van der Waals surface area contributed by atoms with Gasteiger partial charge in [-0.25, -0.2) is 0 Å². The average Bonchev–Trinajstić information content (AvgIpc) is 3.10. The van der Waals surface area contributed by atoms with Crippen LogP contribution in [-0.2, 0) is 0 Å². The van der Waals surface area contributed by atoms with Gasteiger partial charge in [-0.05, 0) is 68.4 Å². The second-order valence-electron chi connectivity index (χ2n) is 7.24. The van der Waals surface area contributed by atoms with Crippen LogP contribution >= 0.6 is 11.3 Å². The van der Waals surface area contributed by atoms with E-state index < -0.39 is 0 Å². The summed E-state index contributed by atoms with van der Waals surface area (Å²) in [6, 6.07) is 15.9. The molecule has 2 unspecified atom stereocenters. The van der Waals surface area contributed by atoms with E-state index >= 15 is 0 Å². The Balaban J connectivity index is 1.36. The predicted molar refractivity (Wildman–Crippen MR) is 104 cm³/mol. The first-order valence-corrected chi connectivity index (χ1v) is 9.93. The maximum absolute atomic E-state index is 4.48. The number of thiophene rings is 1. The SMILES string of the molecule is CC1C(Nc2ccc(-c3cc4ccccc4s3)nn2)C2CCN1CC2. The third-order valence-corrected chi connectivity index (χ3v) is 6.97. The summed E-state index contributed by atoms with van der Waals surface area (Å²) in [4.78, 5) is 3.77. The first-order chi connectivity index (χ1) is 12.3. The summed E-state index contributed by atoms with van der Waals surface area (Å²) < 4.78 is 1.29. The van der Waals surface area contributed by atoms with Crippen LogP contribution < -0.4 is 5.32 Å². The summed E-state index contributed by atoms with van der Waals surface area (Å²) in [5.74, 6) is 1.67. The molecule has 3 saturated heterocycles. The number of aromatic nitrogens is 2. The lowest BCUT2D eigenvalue weighted by atomic mass is 9.79. The molecule has 3 aromatic rings. The Bertz CT molecular complexity index is 845. The second kappa shape index (κ2) is 6.07. The van der Waals surface area contributed by atoms with Gasteiger partial charge in [0.15, 0.2) is 0 Å². The van der Waals surface area contributed by atoms with Crippen molar-refractivity contribution >= 4 is 27.2 Å². The molecule has 0 saturated carbocycles. The highest BCUT2D eigenvalue weighted by atomic mass is 32.1. The first-order valence-electron chi connectivity index (χ1n) is 9.11. The molecule has 1 N–H and O–H groups in total. The topological polar surface area (TPSA) is 41.1 Å². The molecule has 2 aromatic heterocycles. The standard InChI is InChI=1S/C20H22N4S/c1-13-20(14-8-10-24(13)11-9-14)21-19-7-6-16(22-23-19)18-12-15-4-2-3-5-17(15)25-18/h2-7,12-14,20H,8-11H2,1H3,(H,21,23). The molecular formula is C20H22N4S. The van der Waals surface area contributed by atoms with Gasteiger partial charge in [0.25, 0.3) is 0 Å². The summed E-state index contributed by atoms with van der Waals surface area (Å²) in [5, 5.41) is 13.9. The molecule has 25 heavy (non-hydrogen) atoms. The van der Waals surface area contributed by atoms with E-state index in [9.17, 15) is 0 Å². The molecule has 0 radical (unpaired) electrons. The fraction of sp³-hybridized carbons (Fsp3) is 0.400. The monoisotopic (exact) mass is 350 g/mol. The van der Waals surface area contributed by atoms with Crippen LogP contribution in [0.5, 0.6) is 0 Å². The van der Waals surface area contributed by atoms with Crippen molar-refractivity contribution in [3.05, 3.63) is 42.5 Å². The molecule has 0 spiro atoms. The van der Waals surface area contributed by atoms with E-state index in [4.69, 9.17) is 0 Å². The number of benzene rings is 1. The number of nitrogens with zero attached hydrogens (tertiary/aromatic N) is 3. The molecule has 128 valence electrons. The van der Waals surface area contributed by atoms with Gasteiger partial charge in [-0.15, -0.1) is 21.5 Å². The summed E-state index contributed by atoms with van der Waals surface area (Å²) in [6.07, 6.45) is 2.60. The van der Waals surface area contributed by atoms with Crippen molar-refractivity contribution in [2.75, 3.05) is 18.4 Å². The molecule has 0 amide bonds. The van der Waals surface area contributed by atoms with E-state index in [-0.39, 0.29) is 0 Å². The van der Waals surface area contributed by atoms with Gasteiger partial charge in [-0.2, -0.15) is 0 Å². The fourth-order valence-electron chi connectivity index (χ4n) is 4.36. The molecule has 2 bridgehead atoms. The van der Waals surface area contributed by atoms with E-state index in [1.54, 1.807) is 11.3 Å². The fourth-order valence-corrected chi connectivity index (χ4v) is 5.39. The van der Waals surface area contributed by atoms with Crippen molar-refractivity contribution in [3.8, 4) is 10.6 Å². The number of fused-ring (bicyclic) bond motifs is 4. The zero-order valence-electron chi connectivity index (χ0n) is 14.4. The Morgan fingerprint density at radius 2 is 1.92 bits per heavy atom. The minimum absolute atomic E-state index is 0.493. The Labute approximate surface area is 151 Å². The number of anilines is 1. The smallest absolute Gasteiger partial charge is 0.148 e. The van der Waals surface area contributed by atoms with Gasteiger partial charge in [0.1, 0.15) is 11.5 Å². The van der Waals surface area contributed by atoms with Crippen LogP contribution in [0.1, 0.15) is 19.8 Å². The molecule has 1 aromatic carbocycles. The van der Waals surface area contributed by atoms with Gasteiger partial charge in [0.05, 0.1) is 4.88 Å². The number of hydrogen-bond acceptors (Lipinski definition) is 5. The highest BCUT2D eigenvalue weighted by Crippen LogP contribution is 2.35. The molecule has 0 aliphatic carbocycles. The molecule has 3 fully saturated rings. The van der Waals surface area contributed by atoms with Crippen LogP contribution in [0.3, 0.4) is 0 Å². The zero-order chi connectivity index (χ0) is 16.8. The third kappa shape index (κ3) is 2.71. The summed E-state index contributed by atoms with van der Waals surface area (Å²) in [7, 11) is 0. The molecule has 6 rings (SSSR count). The van der Waals surface area contributed by atoms with E-state index in [0.29, 0.717) is 12.1 Å². The lowest BCUT2D eigenvalue weighted by Gasteiger charge is -2.50. The van der Waals surface area contributed by atoms with Crippen molar-refractivity contribution in [1.82, 2.24) is 15.1 Å². The first kappa shape index (κ1) is 15.3. The van der Waals surface area contributed by atoms with Crippen molar-refractivity contribution in [2.45, 2.75) is 31.8 Å². The lowest BCUT2D eigenvalue weighted by Crippen LogP contribution is -2.59. The summed E-state index contributed by atoms with van der Waals surface area (Å²) >= 11 is 1.77. The van der Waals surface area contributed by atoms with Crippen LogP contribution in [0.4, 0.5) is 5.82 Å². The number of hydrogen-bond donors (Lipinski definition) is 1. The van der Waals surface area contributed by atoms with Gasteiger partial charge in [0, 0.05) is 16.8 Å². The minimum atomic E-state index is 0.493. The highest BCUT2D eigenvalue weighted by molar-refractivity contribution is 7.22. The molecule has 5 heteroatoms. The third-order valence-electron chi connectivity index (χ3n) is 5.83. The minimum Gasteiger partial charge on any atom is -0.364 e. The molecular weight excluding hydrogens is 328 g/mol. The van der Waals surface area contributed by atoms with Gasteiger partial charge >= 0.3 is 0 Å². The van der Waals surface area contributed by atoms with Crippen molar-refractivity contribution in [3.63, 3.8) is 0 Å². The van der Waals surface area contributed by atoms with Gasteiger partial charge in [0.2, 0.25) is 0 Å². The maximum Gasteiger partial charge on any atom is 0.148 e. The van der Waals surface area contributed by atoms with Crippen LogP contribution in [0, 0.1) is 5.92 Å². The second-order valence-corrected chi connectivity index (χ2v) is 8.32.